The van der Waals surface area contributed by atoms with Gasteiger partial charge in [-0.05, 0) is 62.2 Å². The van der Waals surface area contributed by atoms with Gasteiger partial charge in [0.1, 0.15) is 0 Å². The maximum Gasteiger partial charge on any atom is 0.0490 e. The van der Waals surface area contributed by atoms with Crippen LogP contribution in [0.25, 0.3) is 0 Å². The van der Waals surface area contributed by atoms with Crippen molar-refractivity contribution in [3.8, 4) is 0 Å². The molecule has 0 aromatic carbocycles. The molecule has 106 valence electrons. The normalized spacial score (nSPS) is 38.5. The van der Waals surface area contributed by atoms with Crippen molar-refractivity contribution in [1.82, 2.24) is 0 Å². The van der Waals surface area contributed by atoms with E-state index in [2.05, 4.69) is 6.92 Å². The standard InChI is InChI=1S/C15H28O.CH4.2H2/c1-12-3-7-14(8-4-12)15-9-5-13(6-10-15)11-16-2;;;/h12-15H,3-11H2,1-2H3;1H4;2*1H. The van der Waals surface area contributed by atoms with Crippen molar-refractivity contribution in [3.63, 3.8) is 0 Å². The van der Waals surface area contributed by atoms with Crippen LogP contribution in [-0.4, -0.2) is 13.7 Å². The van der Waals surface area contributed by atoms with E-state index in [-0.39, 0.29) is 10.3 Å². The molecule has 17 heavy (non-hydrogen) atoms. The Labute approximate surface area is 111 Å². The fraction of sp³-hybridized carbons (Fsp3) is 1.00. The van der Waals surface area contributed by atoms with Gasteiger partial charge in [-0.2, -0.15) is 0 Å². The summed E-state index contributed by atoms with van der Waals surface area (Å²) in [7, 11) is 1.84. The molecule has 0 aliphatic heterocycles. The van der Waals surface area contributed by atoms with E-state index in [1.165, 1.54) is 51.4 Å². The first-order valence-electron chi connectivity index (χ1n) is 7.28. The third kappa shape index (κ3) is 4.28. The molecule has 2 aliphatic rings. The molecular weight excluding hydrogens is 208 g/mol. The van der Waals surface area contributed by atoms with Crippen LogP contribution in [0.4, 0.5) is 0 Å². The molecule has 0 bridgehead atoms. The Hall–Kier alpha value is -0.0400. The van der Waals surface area contributed by atoms with Crippen molar-refractivity contribution in [2.45, 2.75) is 65.7 Å². The summed E-state index contributed by atoms with van der Waals surface area (Å²) in [5, 5.41) is 0. The lowest BCUT2D eigenvalue weighted by Gasteiger charge is -2.37. The number of hydrogen-bond acceptors (Lipinski definition) is 1. The van der Waals surface area contributed by atoms with E-state index in [9.17, 15) is 0 Å². The van der Waals surface area contributed by atoms with Gasteiger partial charge in [0.2, 0.25) is 0 Å². The van der Waals surface area contributed by atoms with E-state index in [0.717, 1.165) is 30.3 Å². The number of hydrogen-bond donors (Lipinski definition) is 0. The molecule has 2 aliphatic carbocycles. The molecule has 0 aromatic heterocycles. The van der Waals surface area contributed by atoms with Crippen LogP contribution in [0, 0.1) is 23.7 Å². The van der Waals surface area contributed by atoms with Crippen LogP contribution in [0.1, 0.15) is 68.6 Å². The lowest BCUT2D eigenvalue weighted by Crippen LogP contribution is -2.26. The Morgan fingerprint density at radius 2 is 1.35 bits per heavy atom. The van der Waals surface area contributed by atoms with E-state index >= 15 is 0 Å². The van der Waals surface area contributed by atoms with E-state index < -0.39 is 0 Å². The molecule has 0 atom stereocenters. The molecule has 0 unspecified atom stereocenters. The van der Waals surface area contributed by atoms with Crippen LogP contribution >= 0.6 is 0 Å². The van der Waals surface area contributed by atoms with Crippen molar-refractivity contribution < 1.29 is 7.59 Å². The molecule has 1 nitrogen and oxygen atoms in total. The van der Waals surface area contributed by atoms with Gasteiger partial charge in [-0.1, -0.05) is 27.2 Å². The first kappa shape index (κ1) is 15.0. The summed E-state index contributed by atoms with van der Waals surface area (Å²) in [5.74, 6) is 3.99. The maximum atomic E-state index is 5.28. The largest absolute Gasteiger partial charge is 0.384 e. The van der Waals surface area contributed by atoms with E-state index in [1.807, 2.05) is 7.11 Å². The minimum atomic E-state index is 0. The molecule has 2 rings (SSSR count). The minimum Gasteiger partial charge on any atom is -0.384 e. The second-order valence-corrected chi connectivity index (χ2v) is 6.26. The maximum absolute atomic E-state index is 5.28. The van der Waals surface area contributed by atoms with Gasteiger partial charge in [0.25, 0.3) is 0 Å². The molecule has 2 fully saturated rings. The zero-order valence-corrected chi connectivity index (χ0v) is 11.1. The quantitative estimate of drug-likeness (QED) is 0.646. The smallest absolute Gasteiger partial charge is 0.0490 e. The second-order valence-electron chi connectivity index (χ2n) is 6.26. The Bertz CT molecular complexity index is 195. The van der Waals surface area contributed by atoms with Crippen molar-refractivity contribution in [2.75, 3.05) is 13.7 Å². The SMILES string of the molecule is C.COCC1CCC(C2CCC(C)CC2)CC1.[HH].[HH]. The average molecular weight is 244 g/mol. The summed E-state index contributed by atoms with van der Waals surface area (Å²) in [6, 6.07) is 0. The summed E-state index contributed by atoms with van der Waals surface area (Å²) in [6.07, 6.45) is 11.8. The monoisotopic (exact) mass is 244 g/mol. The van der Waals surface area contributed by atoms with Gasteiger partial charge >= 0.3 is 0 Å². The highest BCUT2D eigenvalue weighted by molar-refractivity contribution is 4.81. The summed E-state index contributed by atoms with van der Waals surface area (Å²) in [4.78, 5) is 0. The Kier molecular flexibility index (Phi) is 6.54. The fourth-order valence-corrected chi connectivity index (χ4v) is 3.82. The molecule has 1 heteroatoms. The van der Waals surface area contributed by atoms with Gasteiger partial charge in [0.15, 0.2) is 0 Å². The van der Waals surface area contributed by atoms with Gasteiger partial charge in [-0.25, -0.2) is 0 Å². The van der Waals surface area contributed by atoms with Crippen LogP contribution in [0.5, 0.6) is 0 Å². The third-order valence-corrected chi connectivity index (χ3v) is 5.02. The lowest BCUT2D eigenvalue weighted by atomic mass is 9.69. The second kappa shape index (κ2) is 7.41. The van der Waals surface area contributed by atoms with Crippen molar-refractivity contribution in [2.24, 2.45) is 23.7 Å². The van der Waals surface area contributed by atoms with E-state index in [0.29, 0.717) is 0 Å². The molecule has 0 radical (unpaired) electrons. The molecule has 0 amide bonds. The highest BCUT2D eigenvalue weighted by Gasteiger charge is 2.29. The summed E-state index contributed by atoms with van der Waals surface area (Å²) in [5.41, 5.74) is 0. The van der Waals surface area contributed by atoms with Gasteiger partial charge in [-0.3, -0.25) is 0 Å². The zero-order chi connectivity index (χ0) is 11.4. The minimum absolute atomic E-state index is 0. The Balaban J connectivity index is 0. The number of methoxy groups -OCH3 is 1. The number of ether oxygens (including phenoxy) is 1. The van der Waals surface area contributed by atoms with Crippen LogP contribution in [0.15, 0.2) is 0 Å². The van der Waals surface area contributed by atoms with Gasteiger partial charge in [0.05, 0.1) is 0 Å². The van der Waals surface area contributed by atoms with Crippen LogP contribution in [0.2, 0.25) is 0 Å². The predicted molar refractivity (Wildman–Crippen MR) is 79.4 cm³/mol. The lowest BCUT2D eigenvalue weighted by molar-refractivity contribution is 0.0944. The summed E-state index contributed by atoms with van der Waals surface area (Å²) >= 11 is 0. The Morgan fingerprint density at radius 1 is 0.882 bits per heavy atom. The fourth-order valence-electron chi connectivity index (χ4n) is 3.82. The van der Waals surface area contributed by atoms with Gasteiger partial charge < -0.3 is 4.74 Å². The zero-order valence-electron chi connectivity index (χ0n) is 11.1. The Morgan fingerprint density at radius 3 is 1.82 bits per heavy atom. The molecule has 0 N–H and O–H groups in total. The summed E-state index contributed by atoms with van der Waals surface area (Å²) in [6.45, 7) is 3.42. The first-order valence-corrected chi connectivity index (χ1v) is 7.28. The molecule has 0 aromatic rings. The topological polar surface area (TPSA) is 9.23 Å². The first-order chi connectivity index (χ1) is 7.79. The van der Waals surface area contributed by atoms with E-state index in [4.69, 9.17) is 4.74 Å². The third-order valence-electron chi connectivity index (χ3n) is 5.02. The van der Waals surface area contributed by atoms with Crippen molar-refractivity contribution in [1.29, 1.82) is 0 Å². The number of rotatable bonds is 3. The van der Waals surface area contributed by atoms with Crippen LogP contribution < -0.4 is 0 Å². The van der Waals surface area contributed by atoms with E-state index in [1.54, 1.807) is 0 Å². The molecular formula is C16H36O. The summed E-state index contributed by atoms with van der Waals surface area (Å²) < 4.78 is 5.28. The van der Waals surface area contributed by atoms with Crippen LogP contribution in [0.3, 0.4) is 0 Å². The van der Waals surface area contributed by atoms with Gasteiger partial charge in [-0.15, -0.1) is 0 Å². The molecule has 0 saturated heterocycles. The highest BCUT2D eigenvalue weighted by Crippen LogP contribution is 2.41. The molecule has 0 spiro atoms. The van der Waals surface area contributed by atoms with Crippen molar-refractivity contribution in [3.05, 3.63) is 0 Å². The predicted octanol–water partition coefficient (Wildman–Crippen LogP) is 5.39. The van der Waals surface area contributed by atoms with Crippen LogP contribution in [-0.2, 0) is 4.74 Å². The van der Waals surface area contributed by atoms with Crippen molar-refractivity contribution >= 4 is 0 Å². The van der Waals surface area contributed by atoms with Gasteiger partial charge in [0, 0.05) is 16.6 Å². The molecule has 2 saturated carbocycles. The average Bonchev–Trinajstić information content (AvgIpc) is 2.32. The molecule has 0 heterocycles. The highest BCUT2D eigenvalue weighted by atomic mass is 16.5.